The quantitative estimate of drug-likeness (QED) is 0.415. The Labute approximate surface area is 224 Å². The Hall–Kier alpha value is -3.37. The Morgan fingerprint density at radius 1 is 1.11 bits per heavy atom. The lowest BCUT2D eigenvalue weighted by atomic mass is 9.59. The van der Waals surface area contributed by atoms with Gasteiger partial charge >= 0.3 is 0 Å². The minimum absolute atomic E-state index is 0.00333. The van der Waals surface area contributed by atoms with Gasteiger partial charge in [-0.3, -0.25) is 24.3 Å². The molecule has 38 heavy (non-hydrogen) atoms. The molecule has 5 N–H and O–H groups in total. The van der Waals surface area contributed by atoms with Crippen molar-refractivity contribution >= 4 is 34.8 Å². The molecule has 10 heteroatoms. The van der Waals surface area contributed by atoms with E-state index in [1.807, 2.05) is 24.5 Å². The third kappa shape index (κ3) is 3.89. The van der Waals surface area contributed by atoms with E-state index in [0.29, 0.717) is 30.6 Å². The summed E-state index contributed by atoms with van der Waals surface area (Å²) in [7, 11) is 3.42. The summed E-state index contributed by atoms with van der Waals surface area (Å²) in [5, 5.41) is 33.6. The SMILES string of the molecule is CSCC1CC(c2ccccn2)=C2CC3CC4C(C(=O)C(C(N)=O)=C(O)[C@@H]4N(C)C)C(O)=C3C(=O)C2=C1O. The number of allylic oxidation sites excluding steroid dienone is 6. The summed E-state index contributed by atoms with van der Waals surface area (Å²) in [6.45, 7) is 0. The average Bonchev–Trinajstić information content (AvgIpc) is 2.85. The molecule has 0 aliphatic heterocycles. The van der Waals surface area contributed by atoms with Crippen molar-refractivity contribution in [2.45, 2.75) is 25.3 Å². The number of aliphatic hydroxyl groups is 3. The van der Waals surface area contributed by atoms with Gasteiger partial charge in [0.25, 0.3) is 5.91 Å². The van der Waals surface area contributed by atoms with Crippen LogP contribution in [0.4, 0.5) is 0 Å². The Morgan fingerprint density at radius 2 is 1.84 bits per heavy atom. The highest BCUT2D eigenvalue weighted by atomic mass is 32.2. The van der Waals surface area contributed by atoms with Crippen LogP contribution < -0.4 is 5.73 Å². The van der Waals surface area contributed by atoms with Gasteiger partial charge in [-0.25, -0.2) is 0 Å². The van der Waals surface area contributed by atoms with Crippen LogP contribution in [0.15, 0.2) is 64.0 Å². The molecule has 1 fully saturated rings. The molecule has 1 aromatic heterocycles. The van der Waals surface area contributed by atoms with Crippen LogP contribution >= 0.6 is 11.8 Å². The molecule has 0 bridgehead atoms. The van der Waals surface area contributed by atoms with Crippen molar-refractivity contribution in [3.8, 4) is 0 Å². The number of rotatable bonds is 5. The van der Waals surface area contributed by atoms with Crippen molar-refractivity contribution < 1.29 is 29.7 Å². The summed E-state index contributed by atoms with van der Waals surface area (Å²) in [6.07, 6.45) is 4.85. The highest BCUT2D eigenvalue weighted by molar-refractivity contribution is 7.98. The second kappa shape index (κ2) is 9.74. The highest BCUT2D eigenvalue weighted by Gasteiger charge is 2.55. The fourth-order valence-corrected chi connectivity index (χ4v) is 7.44. The summed E-state index contributed by atoms with van der Waals surface area (Å²) in [6, 6.07) is 4.84. The van der Waals surface area contributed by atoms with E-state index in [2.05, 4.69) is 4.98 Å². The van der Waals surface area contributed by atoms with Crippen LogP contribution in [0, 0.1) is 23.7 Å². The number of hydrogen-bond acceptors (Lipinski definition) is 9. The molecule has 0 aromatic carbocycles. The highest BCUT2D eigenvalue weighted by Crippen LogP contribution is 2.54. The zero-order valence-electron chi connectivity index (χ0n) is 21.5. The van der Waals surface area contributed by atoms with Crippen LogP contribution in [0.25, 0.3) is 5.57 Å². The summed E-state index contributed by atoms with van der Waals surface area (Å²) >= 11 is 1.56. The third-order valence-corrected chi connectivity index (χ3v) is 9.00. The van der Waals surface area contributed by atoms with Crippen molar-refractivity contribution in [3.05, 3.63) is 69.7 Å². The topological polar surface area (TPSA) is 154 Å². The first kappa shape index (κ1) is 26.2. The Bertz CT molecular complexity index is 1360. The van der Waals surface area contributed by atoms with Crippen molar-refractivity contribution in [2.75, 3.05) is 26.1 Å². The number of primary amides is 1. The molecular weight excluding hydrogens is 506 g/mol. The van der Waals surface area contributed by atoms with Gasteiger partial charge in [-0.05, 0) is 74.7 Å². The van der Waals surface area contributed by atoms with Crippen molar-refractivity contribution in [2.24, 2.45) is 29.4 Å². The first-order chi connectivity index (χ1) is 18.1. The predicted molar refractivity (Wildman–Crippen MR) is 143 cm³/mol. The Morgan fingerprint density at radius 3 is 2.45 bits per heavy atom. The molecule has 0 radical (unpaired) electrons. The molecule has 9 nitrogen and oxygen atoms in total. The van der Waals surface area contributed by atoms with E-state index in [0.717, 1.165) is 11.3 Å². The molecule has 4 aliphatic rings. The number of pyridine rings is 1. The molecule has 1 heterocycles. The monoisotopic (exact) mass is 537 g/mol. The molecule has 1 aromatic rings. The van der Waals surface area contributed by atoms with Crippen molar-refractivity contribution in [1.29, 1.82) is 0 Å². The fourth-order valence-electron chi connectivity index (χ4n) is 6.76. The van der Waals surface area contributed by atoms with Gasteiger partial charge in [0, 0.05) is 23.4 Å². The Kier molecular flexibility index (Phi) is 6.73. The summed E-state index contributed by atoms with van der Waals surface area (Å²) in [4.78, 5) is 45.7. The predicted octanol–water partition coefficient (Wildman–Crippen LogP) is 2.88. The number of fused-ring (bicyclic) bond motifs is 3. The second-order valence-electron chi connectivity index (χ2n) is 10.6. The minimum Gasteiger partial charge on any atom is -0.511 e. The molecule has 5 atom stereocenters. The van der Waals surface area contributed by atoms with Crippen LogP contribution in [-0.2, 0) is 14.4 Å². The van der Waals surface area contributed by atoms with Crippen LogP contribution in [0.5, 0.6) is 0 Å². The number of nitrogens with two attached hydrogens (primary N) is 1. The first-order valence-electron chi connectivity index (χ1n) is 12.6. The summed E-state index contributed by atoms with van der Waals surface area (Å²) < 4.78 is 0. The number of thioether (sulfide) groups is 1. The van der Waals surface area contributed by atoms with E-state index in [9.17, 15) is 29.7 Å². The molecular formula is C28H31N3O6S. The van der Waals surface area contributed by atoms with E-state index >= 15 is 0 Å². The van der Waals surface area contributed by atoms with Gasteiger partial charge in [0.05, 0.1) is 23.2 Å². The maximum atomic E-state index is 14.0. The van der Waals surface area contributed by atoms with Crippen LogP contribution in [-0.4, -0.2) is 74.8 Å². The zero-order chi connectivity index (χ0) is 27.5. The molecule has 200 valence electrons. The van der Waals surface area contributed by atoms with Crippen LogP contribution in [0.1, 0.15) is 25.0 Å². The third-order valence-electron chi connectivity index (χ3n) is 8.26. The first-order valence-corrected chi connectivity index (χ1v) is 13.9. The number of carbonyl (C=O) groups is 3. The lowest BCUT2D eigenvalue weighted by Gasteiger charge is -2.47. The van der Waals surface area contributed by atoms with E-state index in [4.69, 9.17) is 5.73 Å². The number of amides is 1. The molecule has 0 spiro atoms. The van der Waals surface area contributed by atoms with E-state index < -0.39 is 58.4 Å². The zero-order valence-corrected chi connectivity index (χ0v) is 22.3. The lowest BCUT2D eigenvalue weighted by Crippen LogP contribution is -2.53. The Balaban J connectivity index is 1.69. The molecule has 1 saturated carbocycles. The maximum absolute atomic E-state index is 14.0. The van der Waals surface area contributed by atoms with Gasteiger partial charge in [0.1, 0.15) is 22.9 Å². The normalized spacial score (nSPS) is 29.5. The van der Waals surface area contributed by atoms with Gasteiger partial charge in [-0.15, -0.1) is 0 Å². The van der Waals surface area contributed by atoms with Crippen LogP contribution in [0.3, 0.4) is 0 Å². The number of hydrogen-bond donors (Lipinski definition) is 4. The number of aliphatic hydroxyl groups excluding tert-OH is 3. The summed E-state index contributed by atoms with van der Waals surface area (Å²) in [5.41, 5.74) is 7.51. The largest absolute Gasteiger partial charge is 0.511 e. The molecule has 5 rings (SSSR count). The van der Waals surface area contributed by atoms with Crippen LogP contribution in [0.2, 0.25) is 0 Å². The minimum atomic E-state index is -1.19. The molecule has 4 aliphatic carbocycles. The number of Topliss-reactive ketones (excluding diaryl/α,β-unsaturated/α-hetero) is 2. The van der Waals surface area contributed by atoms with E-state index in [1.54, 1.807) is 37.0 Å². The van der Waals surface area contributed by atoms with E-state index in [-0.39, 0.29) is 22.8 Å². The summed E-state index contributed by atoms with van der Waals surface area (Å²) in [5.74, 6) is -5.08. The van der Waals surface area contributed by atoms with Gasteiger partial charge in [0.2, 0.25) is 0 Å². The van der Waals surface area contributed by atoms with E-state index in [1.165, 1.54) is 0 Å². The number of carbonyl (C=O) groups excluding carboxylic acids is 3. The number of aromatic nitrogens is 1. The van der Waals surface area contributed by atoms with Gasteiger partial charge in [-0.2, -0.15) is 11.8 Å². The number of ketones is 2. The van der Waals surface area contributed by atoms with Gasteiger partial charge < -0.3 is 21.1 Å². The molecule has 0 saturated heterocycles. The number of likely N-dealkylation sites (N-methyl/N-ethyl adjacent to an activating group) is 1. The van der Waals surface area contributed by atoms with Gasteiger partial charge in [-0.1, -0.05) is 6.07 Å². The standard InChI is InChI=1S/C28H31N3O6S/c1-31(2)22-16-9-12-8-15-14(17-6-4-5-7-30-17)10-13(11-38-3)23(32)19(15)24(33)18(12)25(34)20(16)26(35)21(27(22)36)28(29)37/h4-7,12-13,16,20,22,32,34,36H,8-11H2,1-3H3,(H2,29,37)/t12?,13?,16?,20?,22-/m1/s1. The van der Waals surface area contributed by atoms with Crippen molar-refractivity contribution in [1.82, 2.24) is 9.88 Å². The fraction of sp³-hybridized carbons (Fsp3) is 0.429. The molecule has 1 amide bonds. The lowest BCUT2D eigenvalue weighted by molar-refractivity contribution is -0.127. The average molecular weight is 538 g/mol. The molecule has 4 unspecified atom stereocenters. The van der Waals surface area contributed by atoms with Crippen molar-refractivity contribution in [3.63, 3.8) is 0 Å². The second-order valence-corrected chi connectivity index (χ2v) is 11.5. The smallest absolute Gasteiger partial charge is 0.255 e. The maximum Gasteiger partial charge on any atom is 0.255 e. The number of nitrogens with zero attached hydrogens (tertiary/aromatic N) is 2. The van der Waals surface area contributed by atoms with Gasteiger partial charge in [0.15, 0.2) is 11.6 Å².